The second kappa shape index (κ2) is 9.02. The highest BCUT2D eigenvalue weighted by molar-refractivity contribution is 6.03. The number of likely N-dealkylation sites (N-methyl/N-ethyl adjacent to an activating group) is 1. The predicted octanol–water partition coefficient (Wildman–Crippen LogP) is 4.02. The summed E-state index contributed by atoms with van der Waals surface area (Å²) in [7, 11) is 1.66. The molecule has 0 fully saturated rings. The molecule has 28 heavy (non-hydrogen) atoms. The fourth-order valence-corrected chi connectivity index (χ4v) is 3.63. The standard InChI is InChI=1S/C23H29N3O2/c1-5-25(6-2)16-23(27)26-22(20-13-8-7-10-17(20)3)15-21(24-26)18-11-9-12-19(14-18)28-4/h7-14,22H,5-6,15-16H2,1-4H3. The van der Waals surface area contributed by atoms with E-state index < -0.39 is 0 Å². The van der Waals surface area contributed by atoms with E-state index in [9.17, 15) is 4.79 Å². The van der Waals surface area contributed by atoms with Crippen LogP contribution in [0.15, 0.2) is 53.6 Å². The molecule has 1 aliphatic heterocycles. The van der Waals surface area contributed by atoms with Gasteiger partial charge in [-0.25, -0.2) is 5.01 Å². The van der Waals surface area contributed by atoms with Gasteiger partial charge in [0.25, 0.3) is 5.91 Å². The highest BCUT2D eigenvalue weighted by Gasteiger charge is 2.34. The monoisotopic (exact) mass is 379 g/mol. The van der Waals surface area contributed by atoms with Crippen LogP contribution in [0.5, 0.6) is 5.75 Å². The van der Waals surface area contributed by atoms with Crippen LogP contribution < -0.4 is 4.74 Å². The second-order valence-electron chi connectivity index (χ2n) is 7.05. The summed E-state index contributed by atoms with van der Waals surface area (Å²) in [5.41, 5.74) is 4.24. The van der Waals surface area contributed by atoms with E-state index in [-0.39, 0.29) is 11.9 Å². The van der Waals surface area contributed by atoms with E-state index in [4.69, 9.17) is 9.84 Å². The zero-order valence-electron chi connectivity index (χ0n) is 17.2. The van der Waals surface area contributed by atoms with Gasteiger partial charge in [-0.05, 0) is 43.3 Å². The number of nitrogens with zero attached hydrogens (tertiary/aromatic N) is 3. The van der Waals surface area contributed by atoms with E-state index in [1.54, 1.807) is 12.1 Å². The van der Waals surface area contributed by atoms with Crippen molar-refractivity contribution in [1.29, 1.82) is 0 Å². The molecule has 0 radical (unpaired) electrons. The topological polar surface area (TPSA) is 45.1 Å². The van der Waals surface area contributed by atoms with Crippen molar-refractivity contribution in [2.24, 2.45) is 5.10 Å². The molecule has 0 aliphatic carbocycles. The average molecular weight is 380 g/mol. The number of carbonyl (C=O) groups excluding carboxylic acids is 1. The first kappa shape index (κ1) is 20.1. The highest BCUT2D eigenvalue weighted by Crippen LogP contribution is 2.35. The summed E-state index contributed by atoms with van der Waals surface area (Å²) >= 11 is 0. The maximum absolute atomic E-state index is 13.1. The van der Waals surface area contributed by atoms with Gasteiger partial charge in [-0.15, -0.1) is 0 Å². The Kier molecular flexibility index (Phi) is 6.47. The minimum atomic E-state index is -0.0783. The molecule has 1 amide bonds. The number of hydrazone groups is 1. The van der Waals surface area contributed by atoms with Crippen LogP contribution in [0.4, 0.5) is 0 Å². The summed E-state index contributed by atoms with van der Waals surface area (Å²) in [6.45, 7) is 8.31. The maximum atomic E-state index is 13.1. The predicted molar refractivity (Wildman–Crippen MR) is 113 cm³/mol. The van der Waals surface area contributed by atoms with Gasteiger partial charge in [-0.3, -0.25) is 9.69 Å². The highest BCUT2D eigenvalue weighted by atomic mass is 16.5. The number of hydrogen-bond donors (Lipinski definition) is 0. The van der Waals surface area contributed by atoms with Crippen molar-refractivity contribution in [2.45, 2.75) is 33.2 Å². The van der Waals surface area contributed by atoms with Crippen LogP contribution >= 0.6 is 0 Å². The van der Waals surface area contributed by atoms with Crippen molar-refractivity contribution in [3.8, 4) is 5.75 Å². The number of aryl methyl sites for hydroxylation is 1. The van der Waals surface area contributed by atoms with Crippen LogP contribution in [-0.4, -0.2) is 48.3 Å². The Hall–Kier alpha value is -2.66. The summed E-state index contributed by atoms with van der Waals surface area (Å²) in [6, 6.07) is 16.0. The lowest BCUT2D eigenvalue weighted by molar-refractivity contribution is -0.134. The molecular formula is C23H29N3O2. The molecule has 0 saturated heterocycles. The molecule has 1 atom stereocenters. The van der Waals surface area contributed by atoms with Crippen molar-refractivity contribution in [3.05, 3.63) is 65.2 Å². The van der Waals surface area contributed by atoms with Gasteiger partial charge in [-0.2, -0.15) is 5.10 Å². The van der Waals surface area contributed by atoms with Crippen molar-refractivity contribution >= 4 is 11.6 Å². The third-order valence-electron chi connectivity index (χ3n) is 5.37. The Morgan fingerprint density at radius 1 is 1.18 bits per heavy atom. The van der Waals surface area contributed by atoms with Gasteiger partial charge < -0.3 is 4.74 Å². The van der Waals surface area contributed by atoms with Crippen molar-refractivity contribution in [3.63, 3.8) is 0 Å². The van der Waals surface area contributed by atoms with Crippen molar-refractivity contribution in [1.82, 2.24) is 9.91 Å². The van der Waals surface area contributed by atoms with Crippen LogP contribution in [0.2, 0.25) is 0 Å². The number of ether oxygens (including phenoxy) is 1. The van der Waals surface area contributed by atoms with Gasteiger partial charge in [0.05, 0.1) is 25.4 Å². The Labute approximate surface area is 167 Å². The Bertz CT molecular complexity index is 858. The normalized spacial score (nSPS) is 16.4. The van der Waals surface area contributed by atoms with Gasteiger partial charge in [0, 0.05) is 12.0 Å². The van der Waals surface area contributed by atoms with E-state index in [1.165, 1.54) is 5.56 Å². The van der Waals surface area contributed by atoms with Crippen LogP contribution in [0.25, 0.3) is 0 Å². The number of carbonyl (C=O) groups is 1. The molecule has 0 saturated carbocycles. The van der Waals surface area contributed by atoms with Gasteiger partial charge in [0.15, 0.2) is 0 Å². The Morgan fingerprint density at radius 2 is 1.93 bits per heavy atom. The fourth-order valence-electron chi connectivity index (χ4n) is 3.63. The zero-order valence-corrected chi connectivity index (χ0v) is 17.2. The molecule has 0 aromatic heterocycles. The number of hydrogen-bond acceptors (Lipinski definition) is 4. The SMILES string of the molecule is CCN(CC)CC(=O)N1N=C(c2cccc(OC)c2)CC1c1ccccc1C. The molecule has 1 heterocycles. The molecule has 0 spiro atoms. The van der Waals surface area contributed by atoms with E-state index in [1.807, 2.05) is 36.4 Å². The quantitative estimate of drug-likeness (QED) is 0.730. The van der Waals surface area contributed by atoms with Crippen LogP contribution in [0.1, 0.15) is 43.0 Å². The van der Waals surface area contributed by atoms with Gasteiger partial charge in [0.2, 0.25) is 0 Å². The first-order valence-corrected chi connectivity index (χ1v) is 9.89. The van der Waals surface area contributed by atoms with Gasteiger partial charge in [-0.1, -0.05) is 50.2 Å². The summed E-state index contributed by atoms with van der Waals surface area (Å²) < 4.78 is 5.36. The lowest BCUT2D eigenvalue weighted by Gasteiger charge is -2.26. The van der Waals surface area contributed by atoms with Gasteiger partial charge in [0.1, 0.15) is 5.75 Å². The minimum absolute atomic E-state index is 0.0369. The van der Waals surface area contributed by atoms with Crippen LogP contribution in [0.3, 0.4) is 0 Å². The number of amides is 1. The van der Waals surface area contributed by atoms with Gasteiger partial charge >= 0.3 is 0 Å². The smallest absolute Gasteiger partial charge is 0.257 e. The first-order valence-electron chi connectivity index (χ1n) is 9.89. The molecule has 0 N–H and O–H groups in total. The number of methoxy groups -OCH3 is 1. The molecule has 1 aliphatic rings. The van der Waals surface area contributed by atoms with E-state index >= 15 is 0 Å². The molecule has 0 bridgehead atoms. The Balaban J connectivity index is 1.95. The lowest BCUT2D eigenvalue weighted by atomic mass is 9.95. The molecule has 148 valence electrons. The van der Waals surface area contributed by atoms with E-state index in [0.717, 1.165) is 35.7 Å². The van der Waals surface area contributed by atoms with Crippen LogP contribution in [0, 0.1) is 6.92 Å². The third kappa shape index (κ3) is 4.25. The summed E-state index contributed by atoms with van der Waals surface area (Å²) in [5, 5.41) is 6.46. The second-order valence-corrected chi connectivity index (χ2v) is 7.05. The van der Waals surface area contributed by atoms with Crippen molar-refractivity contribution in [2.75, 3.05) is 26.7 Å². The average Bonchev–Trinajstić information content (AvgIpc) is 3.17. The maximum Gasteiger partial charge on any atom is 0.257 e. The summed E-state index contributed by atoms with van der Waals surface area (Å²) in [6.07, 6.45) is 0.696. The minimum Gasteiger partial charge on any atom is -0.497 e. The molecule has 5 heteroatoms. The van der Waals surface area contributed by atoms with E-state index in [2.05, 4.69) is 37.8 Å². The molecule has 2 aromatic rings. The first-order chi connectivity index (χ1) is 13.6. The largest absolute Gasteiger partial charge is 0.497 e. The summed E-state index contributed by atoms with van der Waals surface area (Å²) in [4.78, 5) is 15.2. The molecular weight excluding hydrogens is 350 g/mol. The fraction of sp³-hybridized carbons (Fsp3) is 0.391. The summed E-state index contributed by atoms with van der Waals surface area (Å²) in [5.74, 6) is 0.829. The zero-order chi connectivity index (χ0) is 20.1. The van der Waals surface area contributed by atoms with Crippen LogP contribution in [-0.2, 0) is 4.79 Å². The third-order valence-corrected chi connectivity index (χ3v) is 5.37. The number of benzene rings is 2. The molecule has 5 nitrogen and oxygen atoms in total. The van der Waals surface area contributed by atoms with E-state index in [0.29, 0.717) is 13.0 Å². The lowest BCUT2D eigenvalue weighted by Crippen LogP contribution is -2.38. The molecule has 3 rings (SSSR count). The Morgan fingerprint density at radius 3 is 2.61 bits per heavy atom. The van der Waals surface area contributed by atoms with Crippen molar-refractivity contribution < 1.29 is 9.53 Å². The molecule has 1 unspecified atom stereocenters. The number of rotatable bonds is 7. The molecule has 2 aromatic carbocycles.